The van der Waals surface area contributed by atoms with Crippen LogP contribution in [0.4, 0.5) is 5.69 Å². The highest BCUT2D eigenvalue weighted by Gasteiger charge is 2.16. The molecule has 1 aromatic carbocycles. The molecule has 0 bridgehead atoms. The molecule has 3 N–H and O–H groups in total. The predicted octanol–water partition coefficient (Wildman–Crippen LogP) is 1.76. The number of anilines is 1. The number of rotatable bonds is 5. The standard InChI is InChI=1S/C12H12N4O2S2/c1-7(20-12-16-14-6-19-12)11(18)15-9-4-2-8(3-5-9)10(13)17/h2-7H,1H3,(H2,13,17)(H,15,18)/t7-/m0/s1. The van der Waals surface area contributed by atoms with Gasteiger partial charge >= 0.3 is 0 Å². The monoisotopic (exact) mass is 308 g/mol. The Kier molecular flexibility index (Phi) is 4.70. The molecular weight excluding hydrogens is 296 g/mol. The van der Waals surface area contributed by atoms with E-state index in [2.05, 4.69) is 15.5 Å². The van der Waals surface area contributed by atoms with Crippen LogP contribution >= 0.6 is 23.1 Å². The molecule has 1 heterocycles. The van der Waals surface area contributed by atoms with Gasteiger partial charge in [-0.1, -0.05) is 23.1 Å². The van der Waals surface area contributed by atoms with Crippen LogP contribution in [0.5, 0.6) is 0 Å². The summed E-state index contributed by atoms with van der Waals surface area (Å²) < 4.78 is 0.747. The van der Waals surface area contributed by atoms with E-state index in [0.717, 1.165) is 4.34 Å². The Morgan fingerprint density at radius 2 is 2.05 bits per heavy atom. The normalized spacial score (nSPS) is 11.8. The lowest BCUT2D eigenvalue weighted by atomic mass is 10.2. The number of nitrogens with zero attached hydrogens (tertiary/aromatic N) is 2. The van der Waals surface area contributed by atoms with Gasteiger partial charge in [-0.3, -0.25) is 9.59 Å². The third kappa shape index (κ3) is 3.78. The highest BCUT2D eigenvalue weighted by atomic mass is 32.2. The first-order chi connectivity index (χ1) is 9.56. The van der Waals surface area contributed by atoms with Gasteiger partial charge in [-0.05, 0) is 31.2 Å². The van der Waals surface area contributed by atoms with Crippen LogP contribution in [0.1, 0.15) is 17.3 Å². The molecule has 0 aliphatic heterocycles. The lowest BCUT2D eigenvalue weighted by Crippen LogP contribution is -2.22. The van der Waals surface area contributed by atoms with Crippen LogP contribution in [0.3, 0.4) is 0 Å². The van der Waals surface area contributed by atoms with Crippen LogP contribution in [0.25, 0.3) is 0 Å². The van der Waals surface area contributed by atoms with Gasteiger partial charge in [0.25, 0.3) is 0 Å². The number of carbonyl (C=O) groups is 2. The van der Waals surface area contributed by atoms with Crippen molar-refractivity contribution in [1.29, 1.82) is 0 Å². The molecule has 6 nitrogen and oxygen atoms in total. The van der Waals surface area contributed by atoms with Crippen LogP contribution < -0.4 is 11.1 Å². The molecule has 0 aliphatic rings. The molecule has 0 aliphatic carbocycles. The van der Waals surface area contributed by atoms with E-state index < -0.39 is 5.91 Å². The summed E-state index contributed by atoms with van der Waals surface area (Å²) in [7, 11) is 0. The van der Waals surface area contributed by atoms with Crippen molar-refractivity contribution < 1.29 is 9.59 Å². The number of hydrogen-bond donors (Lipinski definition) is 2. The number of aromatic nitrogens is 2. The van der Waals surface area contributed by atoms with E-state index in [1.807, 2.05) is 0 Å². The Morgan fingerprint density at radius 1 is 1.35 bits per heavy atom. The van der Waals surface area contributed by atoms with E-state index in [-0.39, 0.29) is 11.2 Å². The molecule has 8 heteroatoms. The van der Waals surface area contributed by atoms with E-state index in [9.17, 15) is 9.59 Å². The quantitative estimate of drug-likeness (QED) is 0.820. The van der Waals surface area contributed by atoms with Gasteiger partial charge in [-0.25, -0.2) is 0 Å². The first kappa shape index (κ1) is 14.5. The summed E-state index contributed by atoms with van der Waals surface area (Å²) >= 11 is 2.73. The Balaban J connectivity index is 1.95. The van der Waals surface area contributed by atoms with Crippen molar-refractivity contribution in [2.45, 2.75) is 16.5 Å². The Labute approximate surface area is 123 Å². The second-order valence-electron chi connectivity index (χ2n) is 3.90. The average Bonchev–Trinajstić information content (AvgIpc) is 2.92. The maximum atomic E-state index is 12.0. The van der Waals surface area contributed by atoms with Crippen LogP contribution in [0, 0.1) is 0 Å². The number of thioether (sulfide) groups is 1. The number of hydrogen-bond acceptors (Lipinski definition) is 6. The van der Waals surface area contributed by atoms with Crippen LogP contribution in [-0.4, -0.2) is 27.3 Å². The van der Waals surface area contributed by atoms with Gasteiger partial charge in [0.15, 0.2) is 4.34 Å². The summed E-state index contributed by atoms with van der Waals surface area (Å²) in [5.41, 5.74) is 7.79. The van der Waals surface area contributed by atoms with E-state index in [4.69, 9.17) is 5.73 Å². The second kappa shape index (κ2) is 6.49. The highest BCUT2D eigenvalue weighted by Crippen LogP contribution is 2.25. The maximum Gasteiger partial charge on any atom is 0.248 e. The number of amides is 2. The zero-order chi connectivity index (χ0) is 14.5. The molecule has 2 aromatic rings. The average molecular weight is 308 g/mol. The van der Waals surface area contributed by atoms with Crippen molar-refractivity contribution in [3.63, 3.8) is 0 Å². The van der Waals surface area contributed by atoms with Crippen molar-refractivity contribution in [1.82, 2.24) is 10.2 Å². The number of primary amides is 1. The fourth-order valence-electron chi connectivity index (χ4n) is 1.38. The lowest BCUT2D eigenvalue weighted by Gasteiger charge is -2.10. The number of nitrogens with two attached hydrogens (primary N) is 1. The molecule has 2 rings (SSSR count). The minimum absolute atomic E-state index is 0.142. The van der Waals surface area contributed by atoms with Gasteiger partial charge in [0.2, 0.25) is 11.8 Å². The summed E-state index contributed by atoms with van der Waals surface area (Å²) in [6.07, 6.45) is 0. The predicted molar refractivity (Wildman–Crippen MR) is 78.8 cm³/mol. The zero-order valence-corrected chi connectivity index (χ0v) is 12.2. The van der Waals surface area contributed by atoms with E-state index in [1.165, 1.54) is 23.1 Å². The molecule has 0 fully saturated rings. The minimum Gasteiger partial charge on any atom is -0.366 e. The first-order valence-electron chi connectivity index (χ1n) is 5.70. The van der Waals surface area contributed by atoms with Crippen molar-refractivity contribution in [2.75, 3.05) is 5.32 Å². The molecule has 20 heavy (non-hydrogen) atoms. The third-order valence-corrected chi connectivity index (χ3v) is 4.34. The smallest absolute Gasteiger partial charge is 0.248 e. The molecule has 0 unspecified atom stereocenters. The fourth-order valence-corrected chi connectivity index (χ4v) is 3.01. The largest absolute Gasteiger partial charge is 0.366 e. The van der Waals surface area contributed by atoms with E-state index in [1.54, 1.807) is 36.7 Å². The molecule has 0 saturated heterocycles. The van der Waals surface area contributed by atoms with Crippen LogP contribution in [0.15, 0.2) is 34.1 Å². The number of carbonyl (C=O) groups excluding carboxylic acids is 2. The van der Waals surface area contributed by atoms with Crippen molar-refractivity contribution >= 4 is 40.6 Å². The van der Waals surface area contributed by atoms with Gasteiger partial charge in [-0.15, -0.1) is 10.2 Å². The third-order valence-electron chi connectivity index (χ3n) is 2.42. The molecule has 104 valence electrons. The zero-order valence-electron chi connectivity index (χ0n) is 10.6. The Morgan fingerprint density at radius 3 is 2.60 bits per heavy atom. The summed E-state index contributed by atoms with van der Waals surface area (Å²) in [6, 6.07) is 6.42. The molecular formula is C12H12N4O2S2. The molecule has 2 amide bonds. The summed E-state index contributed by atoms with van der Waals surface area (Å²) in [4.78, 5) is 22.9. The molecule has 1 atom stereocenters. The SMILES string of the molecule is C[C@H](Sc1nncs1)C(=O)Nc1ccc(C(N)=O)cc1. The van der Waals surface area contributed by atoms with Crippen molar-refractivity contribution in [3.8, 4) is 0 Å². The topological polar surface area (TPSA) is 98.0 Å². The minimum atomic E-state index is -0.497. The van der Waals surface area contributed by atoms with Gasteiger partial charge in [0, 0.05) is 11.3 Å². The van der Waals surface area contributed by atoms with Crippen molar-refractivity contribution in [2.24, 2.45) is 5.73 Å². The van der Waals surface area contributed by atoms with E-state index in [0.29, 0.717) is 11.3 Å². The lowest BCUT2D eigenvalue weighted by molar-refractivity contribution is -0.115. The van der Waals surface area contributed by atoms with Gasteiger partial charge in [-0.2, -0.15) is 0 Å². The van der Waals surface area contributed by atoms with Crippen LogP contribution in [0.2, 0.25) is 0 Å². The fraction of sp³-hybridized carbons (Fsp3) is 0.167. The Hall–Kier alpha value is -1.93. The van der Waals surface area contributed by atoms with Gasteiger partial charge in [0.05, 0.1) is 5.25 Å². The summed E-state index contributed by atoms with van der Waals surface area (Å²) in [6.45, 7) is 1.79. The summed E-state index contributed by atoms with van der Waals surface area (Å²) in [5, 5.41) is 10.1. The van der Waals surface area contributed by atoms with Crippen molar-refractivity contribution in [3.05, 3.63) is 35.3 Å². The molecule has 0 spiro atoms. The number of benzene rings is 1. The highest BCUT2D eigenvalue weighted by molar-refractivity contribution is 8.02. The number of nitrogens with one attached hydrogen (secondary N) is 1. The Bertz CT molecular complexity index is 598. The van der Waals surface area contributed by atoms with E-state index >= 15 is 0 Å². The summed E-state index contributed by atoms with van der Waals surface area (Å²) in [5.74, 6) is -0.639. The van der Waals surface area contributed by atoms with Gasteiger partial charge < -0.3 is 11.1 Å². The molecule has 1 aromatic heterocycles. The second-order valence-corrected chi connectivity index (χ2v) is 6.32. The van der Waals surface area contributed by atoms with Gasteiger partial charge in [0.1, 0.15) is 5.51 Å². The molecule has 0 saturated carbocycles. The first-order valence-corrected chi connectivity index (χ1v) is 7.46. The maximum absolute atomic E-state index is 12.0. The molecule has 0 radical (unpaired) electrons. The van der Waals surface area contributed by atoms with Crippen LogP contribution in [-0.2, 0) is 4.79 Å².